The van der Waals surface area contributed by atoms with Crippen molar-refractivity contribution in [3.63, 3.8) is 0 Å². The van der Waals surface area contributed by atoms with Crippen LogP contribution in [0.3, 0.4) is 0 Å². The Labute approximate surface area is 204 Å². The van der Waals surface area contributed by atoms with Gasteiger partial charge >= 0.3 is 0 Å². The maximum atomic E-state index is 12.8. The molecule has 0 saturated heterocycles. The molecule has 35 heavy (non-hydrogen) atoms. The van der Waals surface area contributed by atoms with E-state index >= 15 is 0 Å². The van der Waals surface area contributed by atoms with Crippen LogP contribution in [-0.2, 0) is 4.74 Å². The molecule has 0 aliphatic heterocycles. The Morgan fingerprint density at radius 2 is 1.91 bits per heavy atom. The highest BCUT2D eigenvalue weighted by molar-refractivity contribution is 6.01. The molecule has 0 spiro atoms. The average molecular weight is 472 g/mol. The number of H-pyrrole nitrogens is 1. The van der Waals surface area contributed by atoms with Crippen LogP contribution in [0.25, 0.3) is 11.1 Å². The molecule has 0 fully saturated rings. The predicted molar refractivity (Wildman–Crippen MR) is 135 cm³/mol. The molecule has 0 aliphatic rings. The monoisotopic (exact) mass is 471 g/mol. The number of hydrogen-bond donors (Lipinski definition) is 2. The number of ether oxygens (including phenoxy) is 2. The van der Waals surface area contributed by atoms with Crippen molar-refractivity contribution in [2.45, 2.75) is 26.2 Å². The first-order chi connectivity index (χ1) is 17.0. The molecule has 180 valence electrons. The Bertz CT molecular complexity index is 1270. The van der Waals surface area contributed by atoms with Crippen LogP contribution in [-0.4, -0.2) is 46.4 Å². The van der Waals surface area contributed by atoms with Crippen LogP contribution >= 0.6 is 0 Å². The summed E-state index contributed by atoms with van der Waals surface area (Å²) in [7, 11) is 1.68. The molecule has 1 amide bonds. The van der Waals surface area contributed by atoms with E-state index in [1.807, 2.05) is 74.5 Å². The van der Waals surface area contributed by atoms with Gasteiger partial charge in [-0.05, 0) is 53.4 Å². The second kappa shape index (κ2) is 11.4. The molecule has 1 atom stereocenters. The molecule has 8 heteroatoms. The molecule has 0 aliphatic carbocycles. The van der Waals surface area contributed by atoms with Crippen LogP contribution in [0, 0.1) is 6.92 Å². The molecule has 8 nitrogen and oxygen atoms in total. The molecule has 0 bridgehead atoms. The summed E-state index contributed by atoms with van der Waals surface area (Å²) in [5.41, 5.74) is 4.10. The normalized spacial score (nSPS) is 11.7. The zero-order valence-electron chi connectivity index (χ0n) is 20.1. The number of amides is 1. The lowest BCUT2D eigenvalue weighted by Gasteiger charge is -2.12. The standard InChI is InChI=1S/C27H29N5O3/c1-18-10-11-22(35-15-7-14-34-3)17-23(18)21-12-13-28-24(16-21)29-27(33)26-30-25(31-32-26)19(2)20-8-5-4-6-9-20/h4-6,8-13,16-17,19H,7,14-15H2,1-3H3,(H,28,29,33)(H,30,31,32). The third kappa shape index (κ3) is 6.10. The zero-order chi connectivity index (χ0) is 24.6. The minimum atomic E-state index is -0.427. The maximum absolute atomic E-state index is 12.8. The Morgan fingerprint density at radius 3 is 2.71 bits per heavy atom. The number of carbonyl (C=O) groups is 1. The SMILES string of the molecule is COCCCOc1ccc(C)c(-c2ccnc(NC(=O)c3n[nH]c(C(C)c4ccccc4)n3)c2)c1. The van der Waals surface area contributed by atoms with E-state index in [1.54, 1.807) is 13.3 Å². The highest BCUT2D eigenvalue weighted by Crippen LogP contribution is 2.29. The van der Waals surface area contributed by atoms with E-state index in [2.05, 4.69) is 25.5 Å². The number of aromatic amines is 1. The number of anilines is 1. The van der Waals surface area contributed by atoms with Crippen LogP contribution in [0.15, 0.2) is 66.9 Å². The quantitative estimate of drug-likeness (QED) is 0.316. The smallest absolute Gasteiger partial charge is 0.296 e. The summed E-state index contributed by atoms with van der Waals surface area (Å²) in [6.45, 7) is 5.28. The molecule has 2 N–H and O–H groups in total. The Morgan fingerprint density at radius 1 is 1.09 bits per heavy atom. The highest BCUT2D eigenvalue weighted by Gasteiger charge is 2.18. The molecule has 1 unspecified atom stereocenters. The van der Waals surface area contributed by atoms with Gasteiger partial charge in [0.25, 0.3) is 5.91 Å². The first kappa shape index (κ1) is 24.1. The fourth-order valence-electron chi connectivity index (χ4n) is 3.70. The molecule has 0 radical (unpaired) electrons. The van der Waals surface area contributed by atoms with Crippen LogP contribution < -0.4 is 10.1 Å². The summed E-state index contributed by atoms with van der Waals surface area (Å²) < 4.78 is 10.9. The third-order valence-electron chi connectivity index (χ3n) is 5.70. The van der Waals surface area contributed by atoms with Crippen molar-refractivity contribution in [3.8, 4) is 16.9 Å². The number of aryl methyl sites for hydroxylation is 1. The van der Waals surface area contributed by atoms with E-state index in [4.69, 9.17) is 9.47 Å². The van der Waals surface area contributed by atoms with E-state index in [1.165, 1.54) is 0 Å². The van der Waals surface area contributed by atoms with Crippen molar-refractivity contribution in [2.24, 2.45) is 0 Å². The second-order valence-electron chi connectivity index (χ2n) is 8.23. The Hall–Kier alpha value is -4.04. The second-order valence-corrected chi connectivity index (χ2v) is 8.23. The van der Waals surface area contributed by atoms with E-state index in [-0.39, 0.29) is 11.7 Å². The van der Waals surface area contributed by atoms with Gasteiger partial charge in [-0.25, -0.2) is 9.97 Å². The first-order valence-corrected chi connectivity index (χ1v) is 11.5. The number of carbonyl (C=O) groups excluding carboxylic acids is 1. The number of aromatic nitrogens is 4. The Balaban J connectivity index is 1.46. The number of nitrogens with one attached hydrogen (secondary N) is 2. The lowest BCUT2D eigenvalue weighted by molar-refractivity contribution is 0.101. The van der Waals surface area contributed by atoms with Crippen LogP contribution in [0.4, 0.5) is 5.82 Å². The van der Waals surface area contributed by atoms with Crippen molar-refractivity contribution in [1.82, 2.24) is 20.2 Å². The van der Waals surface area contributed by atoms with Gasteiger partial charge in [0.1, 0.15) is 17.4 Å². The topological polar surface area (TPSA) is 102 Å². The summed E-state index contributed by atoms with van der Waals surface area (Å²) in [4.78, 5) is 21.5. The summed E-state index contributed by atoms with van der Waals surface area (Å²) >= 11 is 0. The summed E-state index contributed by atoms with van der Waals surface area (Å²) in [6, 6.07) is 19.6. The fourth-order valence-corrected chi connectivity index (χ4v) is 3.70. The van der Waals surface area contributed by atoms with Gasteiger partial charge < -0.3 is 14.8 Å². The van der Waals surface area contributed by atoms with Crippen molar-refractivity contribution in [1.29, 1.82) is 0 Å². The maximum Gasteiger partial charge on any atom is 0.296 e. The molecular formula is C27H29N5O3. The summed E-state index contributed by atoms with van der Waals surface area (Å²) in [6.07, 6.45) is 2.48. The van der Waals surface area contributed by atoms with Gasteiger partial charge in [-0.15, -0.1) is 5.10 Å². The molecule has 2 heterocycles. The first-order valence-electron chi connectivity index (χ1n) is 11.5. The molecule has 2 aromatic heterocycles. The van der Waals surface area contributed by atoms with E-state index < -0.39 is 5.91 Å². The summed E-state index contributed by atoms with van der Waals surface area (Å²) in [5, 5.41) is 9.79. The number of benzene rings is 2. The minimum absolute atomic E-state index is 0.0151. The highest BCUT2D eigenvalue weighted by atomic mass is 16.5. The molecule has 0 saturated carbocycles. The summed E-state index contributed by atoms with van der Waals surface area (Å²) in [5.74, 6) is 1.45. The number of nitrogens with zero attached hydrogens (tertiary/aromatic N) is 3. The van der Waals surface area contributed by atoms with Gasteiger partial charge in [-0.3, -0.25) is 9.89 Å². The number of methoxy groups -OCH3 is 1. The number of pyridine rings is 1. The van der Waals surface area contributed by atoms with E-state index in [0.29, 0.717) is 24.9 Å². The largest absolute Gasteiger partial charge is 0.493 e. The van der Waals surface area contributed by atoms with E-state index in [9.17, 15) is 4.79 Å². The van der Waals surface area contributed by atoms with Crippen molar-refractivity contribution >= 4 is 11.7 Å². The minimum Gasteiger partial charge on any atom is -0.493 e. The van der Waals surface area contributed by atoms with Gasteiger partial charge in [0.15, 0.2) is 0 Å². The van der Waals surface area contributed by atoms with Crippen LogP contribution in [0.1, 0.15) is 46.8 Å². The van der Waals surface area contributed by atoms with Gasteiger partial charge in [0, 0.05) is 32.3 Å². The fraction of sp³-hybridized carbons (Fsp3) is 0.259. The third-order valence-corrected chi connectivity index (χ3v) is 5.70. The molecule has 4 rings (SSSR count). The lowest BCUT2D eigenvalue weighted by atomic mass is 10.0. The number of hydrogen-bond acceptors (Lipinski definition) is 6. The molecule has 2 aromatic carbocycles. The van der Waals surface area contributed by atoms with Gasteiger partial charge in [-0.2, -0.15) is 0 Å². The van der Waals surface area contributed by atoms with Crippen molar-refractivity contribution in [3.05, 3.63) is 89.6 Å². The molecule has 4 aromatic rings. The van der Waals surface area contributed by atoms with Crippen LogP contribution in [0.5, 0.6) is 5.75 Å². The lowest BCUT2D eigenvalue weighted by Crippen LogP contribution is -2.15. The average Bonchev–Trinajstić information content (AvgIpc) is 3.38. The number of rotatable bonds is 10. The van der Waals surface area contributed by atoms with Crippen LogP contribution in [0.2, 0.25) is 0 Å². The zero-order valence-corrected chi connectivity index (χ0v) is 20.1. The van der Waals surface area contributed by atoms with E-state index in [0.717, 1.165) is 34.4 Å². The van der Waals surface area contributed by atoms with Gasteiger partial charge in [0.05, 0.1) is 6.61 Å². The Kier molecular flexibility index (Phi) is 7.84. The predicted octanol–water partition coefficient (Wildman–Crippen LogP) is 4.99. The van der Waals surface area contributed by atoms with Crippen molar-refractivity contribution in [2.75, 3.05) is 25.6 Å². The van der Waals surface area contributed by atoms with Crippen molar-refractivity contribution < 1.29 is 14.3 Å². The van der Waals surface area contributed by atoms with Gasteiger partial charge in [-0.1, -0.05) is 43.3 Å². The van der Waals surface area contributed by atoms with Gasteiger partial charge in [0.2, 0.25) is 5.82 Å². The molecular weight excluding hydrogens is 442 g/mol.